The van der Waals surface area contributed by atoms with Gasteiger partial charge in [-0.25, -0.2) is 18.8 Å². The molecule has 1 aromatic heterocycles. The fourth-order valence-electron chi connectivity index (χ4n) is 5.39. The Morgan fingerprint density at radius 3 is 2.19 bits per heavy atom. The number of amides is 2. The van der Waals surface area contributed by atoms with Gasteiger partial charge in [-0.1, -0.05) is 24.3 Å². The molecule has 1 unspecified atom stereocenters. The van der Waals surface area contributed by atoms with Gasteiger partial charge in [0.25, 0.3) is 0 Å². The molecular weight excluding hydrogens is 486 g/mol. The summed E-state index contributed by atoms with van der Waals surface area (Å²) in [4.78, 5) is 11.3. The van der Waals surface area contributed by atoms with Crippen LogP contribution in [-0.4, -0.2) is 25.1 Å². The summed E-state index contributed by atoms with van der Waals surface area (Å²) in [5.41, 5.74) is 13.6. The van der Waals surface area contributed by atoms with Crippen molar-refractivity contribution < 1.29 is 14.1 Å². The molecule has 5 rings (SSSR count). The first-order valence-electron chi connectivity index (χ1n) is 12.5. The third-order valence-electron chi connectivity index (χ3n) is 6.89. The molecule has 8 nitrogen and oxygen atoms in total. The number of para-hydroxylation sites is 1. The minimum Gasteiger partial charge on any atom is -0.384 e. The predicted molar refractivity (Wildman–Crippen MR) is 147 cm³/mol. The van der Waals surface area contributed by atoms with Crippen LogP contribution in [-0.2, 0) is 48.7 Å². The van der Waals surface area contributed by atoms with Crippen molar-refractivity contribution in [3.05, 3.63) is 82.6 Å². The zero-order chi connectivity index (χ0) is 26.7. The highest BCUT2D eigenvalue weighted by atomic mass is 32.2. The average molecular weight is 522 g/mol. The molecule has 9 heteroatoms. The number of anilines is 1. The van der Waals surface area contributed by atoms with Crippen molar-refractivity contribution in [2.24, 2.45) is 10.9 Å². The molecule has 37 heavy (non-hydrogen) atoms. The van der Waals surface area contributed by atoms with E-state index in [1.807, 2.05) is 36.4 Å². The Morgan fingerprint density at radius 2 is 1.70 bits per heavy atom. The number of aromatic nitrogens is 2. The van der Waals surface area contributed by atoms with Crippen molar-refractivity contribution in [3.8, 4) is 5.69 Å². The lowest BCUT2D eigenvalue weighted by Gasteiger charge is -2.19. The Hall–Kier alpha value is -3.27. The van der Waals surface area contributed by atoms with Gasteiger partial charge in [0, 0.05) is 11.8 Å². The van der Waals surface area contributed by atoms with Crippen molar-refractivity contribution in [1.29, 1.82) is 0 Å². The average Bonchev–Trinajstić information content (AvgIpc) is 3.61. The van der Waals surface area contributed by atoms with Crippen molar-refractivity contribution in [3.63, 3.8) is 0 Å². The summed E-state index contributed by atoms with van der Waals surface area (Å²) < 4.78 is 12.9. The number of benzene rings is 2. The summed E-state index contributed by atoms with van der Waals surface area (Å²) >= 11 is 0. The van der Waals surface area contributed by atoms with Gasteiger partial charge in [0.15, 0.2) is 5.03 Å². The van der Waals surface area contributed by atoms with Crippen LogP contribution in [0, 0.1) is 0 Å². The molecule has 1 heterocycles. The molecule has 6 N–H and O–H groups in total. The number of fused-ring (bicyclic) bond motifs is 2. The molecule has 2 amide bonds. The Balaban J connectivity index is 0.000000173. The third-order valence-corrected chi connectivity index (χ3v) is 7.50. The quantitative estimate of drug-likeness (QED) is 0.365. The SMILES string of the molecule is C=CCc1c2c(c(NC(N)=O)c3c1CCC3)CCC2.CC(C)(O)c1cc(S(N)=O)nn1-c1ccccc1. The summed E-state index contributed by atoms with van der Waals surface area (Å²) in [5, 5.41) is 22.8. The van der Waals surface area contributed by atoms with Crippen LogP contribution in [0.15, 0.2) is 54.1 Å². The molecule has 0 saturated carbocycles. The van der Waals surface area contributed by atoms with Gasteiger partial charge in [0.2, 0.25) is 0 Å². The van der Waals surface area contributed by atoms with E-state index in [0.29, 0.717) is 5.69 Å². The zero-order valence-corrected chi connectivity index (χ0v) is 22.2. The Bertz CT molecular complexity index is 1310. The van der Waals surface area contributed by atoms with Crippen molar-refractivity contribution in [1.82, 2.24) is 9.78 Å². The molecule has 3 aromatic rings. The van der Waals surface area contributed by atoms with Crippen molar-refractivity contribution in [2.45, 2.75) is 69.4 Å². The van der Waals surface area contributed by atoms with Gasteiger partial charge in [-0.3, -0.25) is 0 Å². The predicted octanol–water partition coefficient (Wildman–Crippen LogP) is 3.96. The van der Waals surface area contributed by atoms with Crippen LogP contribution in [0.2, 0.25) is 0 Å². The fraction of sp³-hybridized carbons (Fsp3) is 0.357. The van der Waals surface area contributed by atoms with E-state index in [2.05, 4.69) is 17.0 Å². The van der Waals surface area contributed by atoms with E-state index in [9.17, 15) is 14.1 Å². The molecule has 0 fully saturated rings. The van der Waals surface area contributed by atoms with Gasteiger partial charge >= 0.3 is 6.03 Å². The Labute approximate surface area is 220 Å². The number of nitrogens with zero attached hydrogens (tertiary/aromatic N) is 2. The van der Waals surface area contributed by atoms with E-state index in [1.54, 1.807) is 24.6 Å². The number of hydrogen-bond acceptors (Lipinski definition) is 4. The van der Waals surface area contributed by atoms with Crippen LogP contribution in [0.5, 0.6) is 0 Å². The van der Waals surface area contributed by atoms with E-state index < -0.39 is 22.6 Å². The lowest BCUT2D eigenvalue weighted by molar-refractivity contribution is 0.0711. The second-order valence-electron chi connectivity index (χ2n) is 9.93. The van der Waals surface area contributed by atoms with E-state index >= 15 is 0 Å². The standard InChI is InChI=1S/C16H20N2O.C12H15N3O2S/c1-2-5-10-11-6-3-8-13(11)15(18-16(17)19)14-9-4-7-12(10)14;1-12(2,16)10-8-11(18(13)17)14-15(10)9-6-4-3-5-7-9/h2H,1,3-9H2,(H3,17,18,19);3-8,16H,13H2,1-2H3. The summed E-state index contributed by atoms with van der Waals surface area (Å²) in [6.07, 6.45) is 9.66. The lowest BCUT2D eigenvalue weighted by atomic mass is 9.90. The molecule has 2 aliphatic rings. The summed E-state index contributed by atoms with van der Waals surface area (Å²) in [5.74, 6) is 0. The summed E-state index contributed by atoms with van der Waals surface area (Å²) in [6.45, 7) is 7.18. The molecular formula is C28H35N5O3S. The number of urea groups is 1. The van der Waals surface area contributed by atoms with Crippen LogP contribution in [0.4, 0.5) is 10.5 Å². The second-order valence-corrected chi connectivity index (χ2v) is 10.9. The first kappa shape index (κ1) is 26.8. The molecule has 0 saturated heterocycles. The number of aliphatic hydroxyl groups is 1. The second kappa shape index (κ2) is 11.0. The van der Waals surface area contributed by atoms with E-state index in [1.165, 1.54) is 40.7 Å². The van der Waals surface area contributed by atoms with Gasteiger partial charge in [-0.05, 0) is 98.7 Å². The number of carbonyl (C=O) groups excluding carboxylic acids is 1. The number of hydrogen-bond donors (Lipinski definition) is 4. The monoisotopic (exact) mass is 521 g/mol. The third kappa shape index (κ3) is 5.69. The number of primary amides is 1. The Morgan fingerprint density at radius 1 is 1.14 bits per heavy atom. The minimum atomic E-state index is -1.67. The van der Waals surface area contributed by atoms with Gasteiger partial charge in [-0.2, -0.15) is 5.10 Å². The van der Waals surface area contributed by atoms with Crippen LogP contribution in [0.25, 0.3) is 5.69 Å². The van der Waals surface area contributed by atoms with Gasteiger partial charge in [0.1, 0.15) is 16.6 Å². The molecule has 2 aromatic carbocycles. The van der Waals surface area contributed by atoms with Crippen LogP contribution in [0.1, 0.15) is 60.2 Å². The maximum Gasteiger partial charge on any atom is 0.316 e. The summed E-state index contributed by atoms with van der Waals surface area (Å²) in [6, 6.07) is 10.4. The number of allylic oxidation sites excluding steroid dienone is 1. The molecule has 0 bridgehead atoms. The maximum absolute atomic E-state index is 11.3. The molecule has 0 spiro atoms. The van der Waals surface area contributed by atoms with Crippen molar-refractivity contribution in [2.75, 3.05) is 5.32 Å². The van der Waals surface area contributed by atoms with Gasteiger partial charge in [0.05, 0.1) is 11.4 Å². The highest BCUT2D eigenvalue weighted by molar-refractivity contribution is 7.82. The first-order valence-corrected chi connectivity index (χ1v) is 13.7. The summed E-state index contributed by atoms with van der Waals surface area (Å²) in [7, 11) is -1.67. The number of nitrogens with one attached hydrogen (secondary N) is 1. The number of carbonyl (C=O) groups is 1. The highest BCUT2D eigenvalue weighted by Crippen LogP contribution is 2.42. The lowest BCUT2D eigenvalue weighted by Crippen LogP contribution is -2.22. The molecule has 196 valence electrons. The molecule has 0 aliphatic heterocycles. The Kier molecular flexibility index (Phi) is 7.96. The van der Waals surface area contributed by atoms with E-state index in [-0.39, 0.29) is 5.03 Å². The normalized spacial score (nSPS) is 14.8. The van der Waals surface area contributed by atoms with E-state index in [4.69, 9.17) is 10.9 Å². The van der Waals surface area contributed by atoms with Gasteiger partial charge in [-0.15, -0.1) is 6.58 Å². The van der Waals surface area contributed by atoms with Crippen LogP contribution in [0.3, 0.4) is 0 Å². The largest absolute Gasteiger partial charge is 0.384 e. The van der Waals surface area contributed by atoms with Crippen LogP contribution >= 0.6 is 0 Å². The van der Waals surface area contributed by atoms with Crippen molar-refractivity contribution >= 4 is 22.7 Å². The fourth-order valence-corrected chi connectivity index (χ4v) is 5.78. The number of rotatable bonds is 6. The molecule has 1 atom stereocenters. The smallest absolute Gasteiger partial charge is 0.316 e. The van der Waals surface area contributed by atoms with Crippen LogP contribution < -0.4 is 16.2 Å². The topological polar surface area (TPSA) is 136 Å². The van der Waals surface area contributed by atoms with Gasteiger partial charge < -0.3 is 16.2 Å². The van der Waals surface area contributed by atoms with E-state index in [0.717, 1.165) is 43.5 Å². The first-order chi connectivity index (χ1) is 17.6. The zero-order valence-electron chi connectivity index (χ0n) is 21.4. The number of nitrogens with two attached hydrogens (primary N) is 2. The molecule has 2 aliphatic carbocycles. The minimum absolute atomic E-state index is 0.246. The molecule has 0 radical (unpaired) electrons. The maximum atomic E-state index is 11.3. The highest BCUT2D eigenvalue weighted by Gasteiger charge is 2.28.